The van der Waals surface area contributed by atoms with Gasteiger partial charge in [-0.25, -0.2) is 14.6 Å². The monoisotopic (exact) mass is 442 g/mol. The Morgan fingerprint density at radius 3 is 2.36 bits per heavy atom. The van der Waals surface area contributed by atoms with Crippen LogP contribution < -0.4 is 0 Å². The Morgan fingerprint density at radius 2 is 1.64 bits per heavy atom. The zero-order chi connectivity index (χ0) is 23.5. The second-order valence-electron chi connectivity index (χ2n) is 7.55. The Morgan fingerprint density at radius 1 is 0.909 bits per heavy atom. The van der Waals surface area contributed by atoms with Crippen LogP contribution in [0.2, 0.25) is 0 Å². The van der Waals surface area contributed by atoms with E-state index in [-0.39, 0.29) is 18.1 Å². The first-order chi connectivity index (χ1) is 15.9. The van der Waals surface area contributed by atoms with Crippen LogP contribution in [-0.2, 0) is 9.47 Å². The molecule has 0 atom stereocenters. The van der Waals surface area contributed by atoms with E-state index in [1.807, 2.05) is 42.7 Å². The highest BCUT2D eigenvalue weighted by Gasteiger charge is 2.19. The molecule has 0 fully saturated rings. The van der Waals surface area contributed by atoms with E-state index in [1.165, 1.54) is 7.11 Å². The summed E-state index contributed by atoms with van der Waals surface area (Å²) in [5.41, 5.74) is 4.08. The van der Waals surface area contributed by atoms with Gasteiger partial charge in [0.05, 0.1) is 18.2 Å². The number of fused-ring (bicyclic) bond motifs is 1. The number of pyridine rings is 1. The number of carbonyl (C=O) groups is 3. The number of Topliss-reactive ketones (excluding diaryl/α,β-unsaturated/α-hetero) is 1. The molecule has 4 aromatic rings. The molecule has 0 unspecified atom stereocenters. The van der Waals surface area contributed by atoms with Crippen molar-refractivity contribution in [3.05, 3.63) is 94.9 Å². The van der Waals surface area contributed by atoms with Gasteiger partial charge in [0.1, 0.15) is 5.69 Å². The van der Waals surface area contributed by atoms with E-state index >= 15 is 0 Å². The number of carbonyl (C=O) groups excluding carboxylic acids is 3. The van der Waals surface area contributed by atoms with Crippen LogP contribution in [0.4, 0.5) is 0 Å². The average Bonchev–Trinajstić information content (AvgIpc) is 3.15. The Hall–Kier alpha value is -4.26. The number of benzene rings is 2. The molecule has 166 valence electrons. The smallest absolute Gasteiger partial charge is 0.357 e. The second-order valence-corrected chi connectivity index (χ2v) is 7.55. The number of ether oxygens (including phenoxy) is 2. The van der Waals surface area contributed by atoms with Crippen LogP contribution in [0.1, 0.15) is 42.6 Å². The van der Waals surface area contributed by atoms with Gasteiger partial charge < -0.3 is 14.0 Å². The molecule has 0 aliphatic rings. The molecule has 0 aliphatic heterocycles. The van der Waals surface area contributed by atoms with Crippen molar-refractivity contribution in [2.45, 2.75) is 13.8 Å². The van der Waals surface area contributed by atoms with Crippen molar-refractivity contribution < 1.29 is 23.9 Å². The Bertz CT molecular complexity index is 1370. The van der Waals surface area contributed by atoms with Crippen molar-refractivity contribution in [1.82, 2.24) is 9.55 Å². The Balaban J connectivity index is 1.49. The number of nitrogens with zero attached hydrogens (tertiary/aromatic N) is 2. The van der Waals surface area contributed by atoms with Crippen LogP contribution in [0.5, 0.6) is 0 Å². The average molecular weight is 442 g/mol. The summed E-state index contributed by atoms with van der Waals surface area (Å²) in [5.74, 6) is -1.38. The maximum Gasteiger partial charge on any atom is 0.357 e. The first kappa shape index (κ1) is 22.0. The van der Waals surface area contributed by atoms with Crippen LogP contribution in [-0.4, -0.2) is 41.0 Å². The van der Waals surface area contributed by atoms with Gasteiger partial charge in [-0.3, -0.25) is 4.79 Å². The number of aromatic nitrogens is 2. The van der Waals surface area contributed by atoms with E-state index in [1.54, 1.807) is 42.5 Å². The van der Waals surface area contributed by atoms with Crippen LogP contribution in [0.15, 0.2) is 66.7 Å². The molecule has 0 amide bonds. The fourth-order valence-electron chi connectivity index (χ4n) is 3.77. The molecule has 2 aromatic heterocycles. The molecule has 2 heterocycles. The highest BCUT2D eigenvalue weighted by atomic mass is 16.5. The molecule has 0 saturated heterocycles. The SMILES string of the molecule is COC(=O)c1ccc(-n2c(C)cc(C(=O)COC(=O)c3ccc4ccccc4n3)c2C)cc1. The van der Waals surface area contributed by atoms with Gasteiger partial charge in [-0.2, -0.15) is 0 Å². The van der Waals surface area contributed by atoms with Crippen molar-refractivity contribution >= 4 is 28.6 Å². The molecule has 4 rings (SSSR count). The summed E-state index contributed by atoms with van der Waals surface area (Å²) in [6, 6.07) is 19.5. The molecule has 2 aromatic carbocycles. The zero-order valence-corrected chi connectivity index (χ0v) is 18.5. The minimum atomic E-state index is -0.652. The van der Waals surface area contributed by atoms with Crippen molar-refractivity contribution in [2.75, 3.05) is 13.7 Å². The lowest BCUT2D eigenvalue weighted by Gasteiger charge is -2.11. The highest BCUT2D eigenvalue weighted by molar-refractivity contribution is 6.00. The van der Waals surface area contributed by atoms with Crippen LogP contribution in [0.25, 0.3) is 16.6 Å². The summed E-state index contributed by atoms with van der Waals surface area (Å²) in [6.07, 6.45) is 0. The Kier molecular flexibility index (Phi) is 6.04. The van der Waals surface area contributed by atoms with Crippen LogP contribution in [0.3, 0.4) is 0 Å². The summed E-state index contributed by atoms with van der Waals surface area (Å²) < 4.78 is 11.9. The third-order valence-corrected chi connectivity index (χ3v) is 5.42. The summed E-state index contributed by atoms with van der Waals surface area (Å²) >= 11 is 0. The Labute approximate surface area is 190 Å². The molecule has 7 heteroatoms. The molecular formula is C26H22N2O5. The lowest BCUT2D eigenvalue weighted by Crippen LogP contribution is -2.16. The normalized spacial score (nSPS) is 10.8. The number of methoxy groups -OCH3 is 1. The fourth-order valence-corrected chi connectivity index (χ4v) is 3.77. The van der Waals surface area contributed by atoms with E-state index in [0.717, 1.165) is 16.8 Å². The highest BCUT2D eigenvalue weighted by Crippen LogP contribution is 2.22. The van der Waals surface area contributed by atoms with Crippen molar-refractivity contribution in [3.63, 3.8) is 0 Å². The quantitative estimate of drug-likeness (QED) is 0.323. The number of esters is 2. The molecule has 0 spiro atoms. The fraction of sp³-hybridized carbons (Fsp3) is 0.154. The molecule has 0 aliphatic carbocycles. The number of hydrogen-bond acceptors (Lipinski definition) is 6. The van der Waals surface area contributed by atoms with Gasteiger partial charge in [-0.15, -0.1) is 0 Å². The summed E-state index contributed by atoms with van der Waals surface area (Å²) in [5, 5.41) is 0.914. The standard InChI is InChI=1S/C26H22N2O5/c1-16-14-21(17(2)28(16)20-11-8-19(9-12-20)25(30)32-3)24(29)15-33-26(31)23-13-10-18-6-4-5-7-22(18)27-23/h4-14H,15H2,1-3H3. The maximum absolute atomic E-state index is 12.8. The third-order valence-electron chi connectivity index (χ3n) is 5.42. The number of para-hydroxylation sites is 1. The van der Waals surface area contributed by atoms with E-state index in [4.69, 9.17) is 9.47 Å². The van der Waals surface area contributed by atoms with Crippen molar-refractivity contribution in [1.29, 1.82) is 0 Å². The minimum absolute atomic E-state index is 0.151. The van der Waals surface area contributed by atoms with E-state index in [2.05, 4.69) is 4.98 Å². The lowest BCUT2D eigenvalue weighted by atomic mass is 10.1. The molecule has 7 nitrogen and oxygen atoms in total. The number of rotatable bonds is 6. The van der Waals surface area contributed by atoms with Crippen molar-refractivity contribution in [2.24, 2.45) is 0 Å². The van der Waals surface area contributed by atoms with E-state index < -0.39 is 11.9 Å². The topological polar surface area (TPSA) is 87.5 Å². The first-order valence-electron chi connectivity index (χ1n) is 10.3. The summed E-state index contributed by atoms with van der Waals surface area (Å²) in [7, 11) is 1.33. The molecule has 0 radical (unpaired) electrons. The molecule has 0 N–H and O–H groups in total. The minimum Gasteiger partial charge on any atom is -0.465 e. The largest absolute Gasteiger partial charge is 0.465 e. The predicted octanol–water partition coefficient (Wildman–Crippen LogP) is 4.47. The van der Waals surface area contributed by atoms with Gasteiger partial charge in [0, 0.05) is 28.0 Å². The number of aryl methyl sites for hydroxylation is 1. The summed E-state index contributed by atoms with van der Waals surface area (Å²) in [4.78, 5) is 41.2. The van der Waals surface area contributed by atoms with Crippen molar-refractivity contribution in [3.8, 4) is 5.69 Å². The molecular weight excluding hydrogens is 420 g/mol. The number of hydrogen-bond donors (Lipinski definition) is 0. The first-order valence-corrected chi connectivity index (χ1v) is 10.3. The predicted molar refractivity (Wildman–Crippen MR) is 123 cm³/mol. The number of ketones is 1. The van der Waals surface area contributed by atoms with Gasteiger partial charge >= 0.3 is 11.9 Å². The summed E-state index contributed by atoms with van der Waals surface area (Å²) in [6.45, 7) is 3.31. The van der Waals surface area contributed by atoms with Crippen LogP contribution in [0, 0.1) is 13.8 Å². The van der Waals surface area contributed by atoms with E-state index in [9.17, 15) is 14.4 Å². The molecule has 0 saturated carbocycles. The molecule has 33 heavy (non-hydrogen) atoms. The third kappa shape index (κ3) is 4.39. The van der Waals surface area contributed by atoms with Gasteiger partial charge in [0.2, 0.25) is 5.78 Å². The van der Waals surface area contributed by atoms with Gasteiger partial charge in [-0.1, -0.05) is 24.3 Å². The van der Waals surface area contributed by atoms with Gasteiger partial charge in [-0.05, 0) is 56.3 Å². The second kappa shape index (κ2) is 9.08. The molecule has 0 bridgehead atoms. The van der Waals surface area contributed by atoms with Crippen LogP contribution >= 0.6 is 0 Å². The van der Waals surface area contributed by atoms with E-state index in [0.29, 0.717) is 22.3 Å². The van der Waals surface area contributed by atoms with Gasteiger partial charge in [0.15, 0.2) is 6.61 Å². The zero-order valence-electron chi connectivity index (χ0n) is 18.5. The maximum atomic E-state index is 12.8. The lowest BCUT2D eigenvalue weighted by molar-refractivity contribution is 0.0469. The van der Waals surface area contributed by atoms with Gasteiger partial charge in [0.25, 0.3) is 0 Å².